The van der Waals surface area contributed by atoms with Crippen molar-refractivity contribution < 1.29 is 35.7 Å². The predicted octanol–water partition coefficient (Wildman–Crippen LogP) is 3.53. The van der Waals surface area contributed by atoms with Crippen molar-refractivity contribution in [1.29, 1.82) is 0 Å². The van der Waals surface area contributed by atoms with Crippen LogP contribution in [0.2, 0.25) is 0 Å². The van der Waals surface area contributed by atoms with Crippen molar-refractivity contribution in [3.63, 3.8) is 0 Å². The lowest BCUT2D eigenvalue weighted by Gasteiger charge is -2.22. The Kier molecular flexibility index (Phi) is 6.33. The summed E-state index contributed by atoms with van der Waals surface area (Å²) < 4.78 is 84.5. The highest BCUT2D eigenvalue weighted by Gasteiger charge is 2.43. The zero-order chi connectivity index (χ0) is 20.5. The summed E-state index contributed by atoms with van der Waals surface area (Å²) in [7, 11) is -0.922. The minimum atomic E-state index is -5.10. The third kappa shape index (κ3) is 4.33. The average Bonchev–Trinajstić information content (AvgIpc) is 2.97. The number of rotatable bonds is 5. The van der Waals surface area contributed by atoms with E-state index in [0.29, 0.717) is 0 Å². The van der Waals surface area contributed by atoms with Crippen LogP contribution in [0.1, 0.15) is 53.1 Å². The van der Waals surface area contributed by atoms with Gasteiger partial charge in [0.25, 0.3) is 6.43 Å². The van der Waals surface area contributed by atoms with E-state index in [-0.39, 0.29) is 35.2 Å². The lowest BCUT2D eigenvalue weighted by Crippen LogP contribution is -2.26. The van der Waals surface area contributed by atoms with Gasteiger partial charge in [-0.2, -0.15) is 13.2 Å². The molecule has 1 atom stereocenters. The molecule has 0 amide bonds. The standard InChI is InChI=1S/C16H17F5N2O3S/c1-7(2)6-8-9(15(24)26-3)11(13(17)18)23-12(16(19,20)21)10(8)14-22-4-5-27(14)25/h7,13H,4-6H2,1-3H3. The molecule has 150 valence electrons. The number of carbonyl (C=O) groups is 1. The van der Waals surface area contributed by atoms with Gasteiger partial charge in [-0.15, -0.1) is 0 Å². The van der Waals surface area contributed by atoms with E-state index in [1.54, 1.807) is 13.8 Å². The molecule has 0 N–H and O–H groups in total. The number of esters is 1. The Morgan fingerprint density at radius 2 is 1.93 bits per heavy atom. The first kappa shape index (κ1) is 21.4. The molecule has 0 saturated heterocycles. The minimum absolute atomic E-state index is 0.0118. The van der Waals surface area contributed by atoms with Gasteiger partial charge in [0.2, 0.25) is 0 Å². The summed E-state index contributed by atoms with van der Waals surface area (Å²) in [5.74, 6) is -1.51. The SMILES string of the molecule is COC(=O)c1c(C(F)F)nc(C(F)(F)F)c(C2=NCCS2=O)c1CC(C)C. The van der Waals surface area contributed by atoms with Gasteiger partial charge in [0.15, 0.2) is 5.69 Å². The lowest BCUT2D eigenvalue weighted by atomic mass is 9.91. The van der Waals surface area contributed by atoms with Gasteiger partial charge in [0.1, 0.15) is 10.7 Å². The Morgan fingerprint density at radius 1 is 1.30 bits per heavy atom. The summed E-state index contributed by atoms with van der Waals surface area (Å²) in [5, 5.41) is -0.378. The molecule has 2 rings (SSSR count). The molecule has 11 heteroatoms. The average molecular weight is 412 g/mol. The molecule has 2 heterocycles. The fourth-order valence-corrected chi connectivity index (χ4v) is 3.92. The number of carbonyl (C=O) groups excluding carboxylic acids is 1. The zero-order valence-electron chi connectivity index (χ0n) is 14.7. The maximum atomic E-state index is 13.6. The fourth-order valence-electron chi connectivity index (χ4n) is 2.78. The minimum Gasteiger partial charge on any atom is -0.465 e. The van der Waals surface area contributed by atoms with E-state index in [1.807, 2.05) is 0 Å². The molecule has 1 aliphatic heterocycles. The number of hydrogen-bond donors (Lipinski definition) is 0. The fraction of sp³-hybridized carbons (Fsp3) is 0.562. The van der Waals surface area contributed by atoms with Gasteiger partial charge in [-0.3, -0.25) is 9.20 Å². The van der Waals surface area contributed by atoms with E-state index in [1.165, 1.54) is 0 Å². The van der Waals surface area contributed by atoms with Crippen LogP contribution in [0.25, 0.3) is 0 Å². The van der Waals surface area contributed by atoms with Crippen molar-refractivity contribution in [3.05, 3.63) is 28.1 Å². The molecule has 1 aliphatic rings. The van der Waals surface area contributed by atoms with Gasteiger partial charge in [-0.1, -0.05) is 13.8 Å². The highest BCUT2D eigenvalue weighted by atomic mass is 32.2. The van der Waals surface area contributed by atoms with Crippen molar-refractivity contribution in [2.24, 2.45) is 10.9 Å². The van der Waals surface area contributed by atoms with E-state index in [4.69, 9.17) is 0 Å². The zero-order valence-corrected chi connectivity index (χ0v) is 15.5. The number of ether oxygens (including phenoxy) is 1. The summed E-state index contributed by atoms with van der Waals surface area (Å²) in [6.45, 7) is 3.33. The van der Waals surface area contributed by atoms with Crippen LogP contribution in [-0.2, 0) is 28.1 Å². The second-order valence-corrected chi connectivity index (χ2v) is 7.68. The molecular weight excluding hydrogens is 395 g/mol. The van der Waals surface area contributed by atoms with Crippen LogP contribution in [0, 0.1) is 5.92 Å². The van der Waals surface area contributed by atoms with Crippen molar-refractivity contribution in [2.75, 3.05) is 19.4 Å². The van der Waals surface area contributed by atoms with Crippen LogP contribution < -0.4 is 0 Å². The Hall–Kier alpha value is -1.91. The van der Waals surface area contributed by atoms with Gasteiger partial charge in [0.05, 0.1) is 30.0 Å². The van der Waals surface area contributed by atoms with Gasteiger partial charge in [-0.25, -0.2) is 18.6 Å². The maximum Gasteiger partial charge on any atom is 0.434 e. The Labute approximate surface area is 154 Å². The molecule has 1 aromatic rings. The Balaban J connectivity index is 3.01. The first-order valence-electron chi connectivity index (χ1n) is 7.92. The normalized spacial score (nSPS) is 17.6. The molecule has 1 unspecified atom stereocenters. The van der Waals surface area contributed by atoms with Gasteiger partial charge < -0.3 is 4.74 Å². The topological polar surface area (TPSA) is 68.6 Å². The largest absolute Gasteiger partial charge is 0.465 e. The molecule has 0 saturated carbocycles. The van der Waals surface area contributed by atoms with Crippen LogP contribution >= 0.6 is 0 Å². The summed E-state index contributed by atoms with van der Waals surface area (Å²) in [6.07, 6.45) is -8.69. The summed E-state index contributed by atoms with van der Waals surface area (Å²) in [4.78, 5) is 19.1. The van der Waals surface area contributed by atoms with Crippen molar-refractivity contribution in [3.8, 4) is 0 Å². The number of pyridine rings is 1. The highest BCUT2D eigenvalue weighted by molar-refractivity contribution is 8.01. The molecule has 0 aliphatic carbocycles. The molecule has 0 radical (unpaired) electrons. The van der Waals surface area contributed by atoms with Gasteiger partial charge in [0, 0.05) is 11.3 Å². The number of hydrogen-bond acceptors (Lipinski definition) is 5. The smallest absolute Gasteiger partial charge is 0.434 e. The predicted molar refractivity (Wildman–Crippen MR) is 88.5 cm³/mol. The van der Waals surface area contributed by atoms with E-state index >= 15 is 0 Å². The lowest BCUT2D eigenvalue weighted by molar-refractivity contribution is -0.141. The summed E-state index contributed by atoms with van der Waals surface area (Å²) >= 11 is 0. The highest BCUT2D eigenvalue weighted by Crippen LogP contribution is 2.38. The first-order chi connectivity index (χ1) is 12.5. The molecule has 0 spiro atoms. The third-order valence-electron chi connectivity index (χ3n) is 3.77. The molecule has 5 nitrogen and oxygen atoms in total. The molecule has 0 fully saturated rings. The van der Waals surface area contributed by atoms with Gasteiger partial charge in [-0.05, 0) is 17.9 Å². The summed E-state index contributed by atoms with van der Waals surface area (Å²) in [5.41, 5.74) is -4.62. The van der Waals surface area contributed by atoms with E-state index in [9.17, 15) is 31.0 Å². The molecule has 1 aromatic heterocycles. The number of nitrogens with zero attached hydrogens (tertiary/aromatic N) is 2. The van der Waals surface area contributed by atoms with Crippen molar-refractivity contribution in [2.45, 2.75) is 32.9 Å². The second kappa shape index (κ2) is 7.99. The number of aliphatic imine (C=N–C) groups is 1. The van der Waals surface area contributed by atoms with Crippen LogP contribution in [0.5, 0.6) is 0 Å². The summed E-state index contributed by atoms with van der Waals surface area (Å²) in [6, 6.07) is 0. The second-order valence-electron chi connectivity index (χ2n) is 6.20. The Bertz CT molecular complexity index is 806. The number of methoxy groups -OCH3 is 1. The molecule has 0 aromatic carbocycles. The van der Waals surface area contributed by atoms with Crippen LogP contribution in [0.15, 0.2) is 4.99 Å². The van der Waals surface area contributed by atoms with E-state index < -0.39 is 51.9 Å². The van der Waals surface area contributed by atoms with Crippen molar-refractivity contribution >= 4 is 21.8 Å². The van der Waals surface area contributed by atoms with E-state index in [2.05, 4.69) is 14.7 Å². The molecule has 27 heavy (non-hydrogen) atoms. The third-order valence-corrected chi connectivity index (χ3v) is 5.09. The number of aromatic nitrogens is 1. The van der Waals surface area contributed by atoms with Crippen LogP contribution in [-0.4, -0.2) is 39.6 Å². The van der Waals surface area contributed by atoms with Crippen molar-refractivity contribution in [1.82, 2.24) is 4.98 Å². The number of alkyl halides is 5. The molecule has 0 bridgehead atoms. The first-order valence-corrected chi connectivity index (χ1v) is 9.24. The monoisotopic (exact) mass is 412 g/mol. The quantitative estimate of drug-likeness (QED) is 0.548. The van der Waals surface area contributed by atoms with E-state index in [0.717, 1.165) is 7.11 Å². The number of halogens is 5. The van der Waals surface area contributed by atoms with Crippen LogP contribution in [0.3, 0.4) is 0 Å². The Morgan fingerprint density at radius 3 is 2.33 bits per heavy atom. The molecular formula is C16H17F5N2O3S. The van der Waals surface area contributed by atoms with Crippen LogP contribution in [0.4, 0.5) is 22.0 Å². The maximum absolute atomic E-state index is 13.6. The van der Waals surface area contributed by atoms with Gasteiger partial charge >= 0.3 is 12.1 Å².